The molecule has 1 aromatic carbocycles. The van der Waals surface area contributed by atoms with Crippen LogP contribution in [0.25, 0.3) is 5.65 Å². The van der Waals surface area contributed by atoms with Gasteiger partial charge in [-0.1, -0.05) is 19.4 Å². The minimum absolute atomic E-state index is 0.165. The number of rotatable bonds is 9. The number of carbonyl (C=O) groups excluding carboxylic acids is 1. The molecular weight excluding hydrogens is 344 g/mol. The number of unbranched alkanes of at least 4 members (excludes halogenated alkanes) is 1. The lowest BCUT2D eigenvalue weighted by Crippen LogP contribution is -2.26. The van der Waals surface area contributed by atoms with E-state index < -0.39 is 0 Å². The predicted molar refractivity (Wildman–Crippen MR) is 102 cm³/mol. The zero-order valence-electron chi connectivity index (χ0n) is 15.6. The largest absolute Gasteiger partial charge is 0.493 e. The number of nitrogens with zero attached hydrogens (tertiary/aromatic N) is 3. The summed E-state index contributed by atoms with van der Waals surface area (Å²) in [5.74, 6) is 1.85. The fourth-order valence-corrected chi connectivity index (χ4v) is 2.71. The number of hydrogen-bond acceptors (Lipinski definition) is 5. The predicted octanol–water partition coefficient (Wildman–Crippen LogP) is 2.89. The SMILES string of the molecule is CCCCOc1ccc(C(=O)NCCc2nnc3ccccn23)cc1OC. The van der Waals surface area contributed by atoms with Gasteiger partial charge in [0.05, 0.1) is 13.7 Å². The molecule has 7 nitrogen and oxygen atoms in total. The second-order valence-electron chi connectivity index (χ2n) is 6.12. The van der Waals surface area contributed by atoms with Gasteiger partial charge in [0.25, 0.3) is 5.91 Å². The number of hydrogen-bond donors (Lipinski definition) is 1. The summed E-state index contributed by atoms with van der Waals surface area (Å²) in [5.41, 5.74) is 1.32. The van der Waals surface area contributed by atoms with Crippen LogP contribution in [0.3, 0.4) is 0 Å². The van der Waals surface area contributed by atoms with Crippen LogP contribution < -0.4 is 14.8 Å². The van der Waals surface area contributed by atoms with Crippen molar-refractivity contribution < 1.29 is 14.3 Å². The van der Waals surface area contributed by atoms with Crippen molar-refractivity contribution in [1.29, 1.82) is 0 Å². The van der Waals surface area contributed by atoms with Gasteiger partial charge in [0.1, 0.15) is 5.82 Å². The number of carbonyl (C=O) groups is 1. The highest BCUT2D eigenvalue weighted by molar-refractivity contribution is 5.94. The fraction of sp³-hybridized carbons (Fsp3) is 0.350. The molecule has 27 heavy (non-hydrogen) atoms. The van der Waals surface area contributed by atoms with Gasteiger partial charge >= 0.3 is 0 Å². The Balaban J connectivity index is 1.59. The van der Waals surface area contributed by atoms with E-state index in [1.807, 2.05) is 28.8 Å². The molecule has 3 aromatic rings. The van der Waals surface area contributed by atoms with Crippen molar-refractivity contribution in [2.45, 2.75) is 26.2 Å². The molecule has 1 N–H and O–H groups in total. The van der Waals surface area contributed by atoms with Crippen molar-refractivity contribution >= 4 is 11.6 Å². The Morgan fingerprint density at radius 2 is 2.07 bits per heavy atom. The van der Waals surface area contributed by atoms with Gasteiger partial charge in [-0.05, 0) is 36.8 Å². The third-order valence-corrected chi connectivity index (χ3v) is 4.20. The van der Waals surface area contributed by atoms with E-state index in [1.54, 1.807) is 25.3 Å². The zero-order valence-corrected chi connectivity index (χ0v) is 15.6. The number of benzene rings is 1. The number of ether oxygens (including phenoxy) is 2. The Hall–Kier alpha value is -3.09. The van der Waals surface area contributed by atoms with Crippen molar-refractivity contribution in [2.75, 3.05) is 20.3 Å². The number of nitrogens with one attached hydrogen (secondary N) is 1. The quantitative estimate of drug-likeness (QED) is 0.588. The van der Waals surface area contributed by atoms with Crippen LogP contribution in [0.4, 0.5) is 0 Å². The molecule has 3 rings (SSSR count). The fourth-order valence-electron chi connectivity index (χ4n) is 2.71. The number of pyridine rings is 1. The van der Waals surface area contributed by atoms with Crippen LogP contribution in [0.5, 0.6) is 11.5 Å². The summed E-state index contributed by atoms with van der Waals surface area (Å²) >= 11 is 0. The lowest BCUT2D eigenvalue weighted by molar-refractivity contribution is 0.0953. The molecule has 0 aliphatic carbocycles. The maximum absolute atomic E-state index is 12.4. The van der Waals surface area contributed by atoms with Gasteiger partial charge in [-0.25, -0.2) is 0 Å². The second-order valence-corrected chi connectivity index (χ2v) is 6.12. The van der Waals surface area contributed by atoms with E-state index in [2.05, 4.69) is 22.4 Å². The maximum atomic E-state index is 12.4. The van der Waals surface area contributed by atoms with Crippen molar-refractivity contribution in [3.8, 4) is 11.5 Å². The van der Waals surface area contributed by atoms with Crippen molar-refractivity contribution in [3.05, 3.63) is 54.0 Å². The monoisotopic (exact) mass is 368 g/mol. The molecule has 0 aliphatic rings. The smallest absolute Gasteiger partial charge is 0.251 e. The molecule has 0 unspecified atom stereocenters. The van der Waals surface area contributed by atoms with E-state index in [1.165, 1.54) is 0 Å². The van der Waals surface area contributed by atoms with Crippen LogP contribution >= 0.6 is 0 Å². The Kier molecular flexibility index (Phi) is 6.25. The molecular formula is C20H24N4O3. The maximum Gasteiger partial charge on any atom is 0.251 e. The van der Waals surface area contributed by atoms with Gasteiger partial charge in [-0.15, -0.1) is 10.2 Å². The molecule has 7 heteroatoms. The molecule has 0 saturated carbocycles. The van der Waals surface area contributed by atoms with E-state index >= 15 is 0 Å². The van der Waals surface area contributed by atoms with E-state index in [4.69, 9.17) is 9.47 Å². The highest BCUT2D eigenvalue weighted by Gasteiger charge is 2.12. The van der Waals surface area contributed by atoms with Gasteiger partial charge in [-0.3, -0.25) is 9.20 Å². The Labute approximate surface area is 158 Å². The first-order valence-corrected chi connectivity index (χ1v) is 9.10. The van der Waals surface area contributed by atoms with Crippen molar-refractivity contribution in [1.82, 2.24) is 19.9 Å². The number of methoxy groups -OCH3 is 1. The minimum atomic E-state index is -0.165. The van der Waals surface area contributed by atoms with Crippen molar-refractivity contribution in [3.63, 3.8) is 0 Å². The van der Waals surface area contributed by atoms with Crippen LogP contribution in [0.2, 0.25) is 0 Å². The second kappa shape index (κ2) is 9.02. The summed E-state index contributed by atoms with van der Waals surface area (Å²) in [6.45, 7) is 3.20. The number of fused-ring (bicyclic) bond motifs is 1. The van der Waals surface area contributed by atoms with Gasteiger partial charge in [0.15, 0.2) is 17.1 Å². The van der Waals surface area contributed by atoms with Gasteiger partial charge in [0, 0.05) is 24.7 Å². The highest BCUT2D eigenvalue weighted by atomic mass is 16.5. The lowest BCUT2D eigenvalue weighted by Gasteiger charge is -2.12. The third kappa shape index (κ3) is 4.55. The van der Waals surface area contributed by atoms with Gasteiger partial charge in [0.2, 0.25) is 0 Å². The number of aromatic nitrogens is 3. The Morgan fingerprint density at radius 1 is 1.19 bits per heavy atom. The van der Waals surface area contributed by atoms with Crippen LogP contribution in [-0.4, -0.2) is 40.8 Å². The van der Waals surface area contributed by atoms with E-state index in [9.17, 15) is 4.79 Å². The molecule has 1 amide bonds. The normalized spacial score (nSPS) is 10.7. The zero-order chi connectivity index (χ0) is 19.1. The number of amides is 1. The molecule has 0 bridgehead atoms. The van der Waals surface area contributed by atoms with Crippen LogP contribution in [0.15, 0.2) is 42.6 Å². The average Bonchev–Trinajstić information content (AvgIpc) is 3.11. The topological polar surface area (TPSA) is 77.8 Å². The summed E-state index contributed by atoms with van der Waals surface area (Å²) < 4.78 is 13.0. The summed E-state index contributed by atoms with van der Waals surface area (Å²) in [5, 5.41) is 11.2. The highest BCUT2D eigenvalue weighted by Crippen LogP contribution is 2.28. The van der Waals surface area contributed by atoms with E-state index in [0.29, 0.717) is 36.6 Å². The van der Waals surface area contributed by atoms with E-state index in [0.717, 1.165) is 24.3 Å². The van der Waals surface area contributed by atoms with Crippen LogP contribution in [-0.2, 0) is 6.42 Å². The Morgan fingerprint density at radius 3 is 2.89 bits per heavy atom. The first kappa shape index (κ1) is 18.7. The molecule has 0 aliphatic heterocycles. The summed E-state index contributed by atoms with van der Waals surface area (Å²) in [4.78, 5) is 12.4. The molecule has 2 heterocycles. The van der Waals surface area contributed by atoms with Gasteiger partial charge < -0.3 is 14.8 Å². The third-order valence-electron chi connectivity index (χ3n) is 4.20. The summed E-state index contributed by atoms with van der Waals surface area (Å²) in [6, 6.07) is 10.9. The molecule has 0 saturated heterocycles. The van der Waals surface area contributed by atoms with E-state index in [-0.39, 0.29) is 5.91 Å². The Bertz CT molecular complexity index is 907. The lowest BCUT2D eigenvalue weighted by atomic mass is 10.2. The molecule has 0 radical (unpaired) electrons. The minimum Gasteiger partial charge on any atom is -0.493 e. The first-order valence-electron chi connectivity index (χ1n) is 9.10. The molecule has 0 atom stereocenters. The van der Waals surface area contributed by atoms with Crippen LogP contribution in [0.1, 0.15) is 35.9 Å². The van der Waals surface area contributed by atoms with Crippen molar-refractivity contribution in [2.24, 2.45) is 0 Å². The summed E-state index contributed by atoms with van der Waals surface area (Å²) in [7, 11) is 1.57. The standard InChI is InChI=1S/C20H24N4O3/c1-3-4-13-27-16-9-8-15(14-17(16)26-2)20(25)21-11-10-19-23-22-18-7-5-6-12-24(18)19/h5-9,12,14H,3-4,10-11,13H2,1-2H3,(H,21,25). The molecule has 0 spiro atoms. The molecule has 2 aromatic heterocycles. The molecule has 142 valence electrons. The molecule has 0 fully saturated rings. The first-order chi connectivity index (χ1) is 13.2. The van der Waals surface area contributed by atoms with Crippen LogP contribution in [0, 0.1) is 0 Å². The van der Waals surface area contributed by atoms with Gasteiger partial charge in [-0.2, -0.15) is 0 Å². The average molecular weight is 368 g/mol. The summed E-state index contributed by atoms with van der Waals surface area (Å²) in [6.07, 6.45) is 4.54.